The van der Waals surface area contributed by atoms with Crippen molar-refractivity contribution in [3.63, 3.8) is 0 Å². The van der Waals surface area contributed by atoms with Gasteiger partial charge >= 0.3 is 0 Å². The smallest absolute Gasteiger partial charge is 0.149 e. The monoisotopic (exact) mass is 503 g/mol. The summed E-state index contributed by atoms with van der Waals surface area (Å²) in [5.41, 5.74) is 4.38. The summed E-state index contributed by atoms with van der Waals surface area (Å²) >= 11 is 0. The van der Waals surface area contributed by atoms with Crippen molar-refractivity contribution in [1.29, 1.82) is 5.26 Å². The molecule has 0 amide bonds. The fraction of sp³-hybridized carbons (Fsp3) is 0.438. The third-order valence-corrected chi connectivity index (χ3v) is 5.43. The number of nitrogens with one attached hydrogen (secondary N) is 3. The molecule has 1 aliphatic rings. The fourth-order valence-electron chi connectivity index (χ4n) is 3.43. The highest BCUT2D eigenvalue weighted by Crippen LogP contribution is 2.22. The van der Waals surface area contributed by atoms with Gasteiger partial charge in [0.25, 0.3) is 0 Å². The molecule has 5 heteroatoms. The third-order valence-electron chi connectivity index (χ3n) is 5.43. The number of fused-ring (bicyclic) bond motifs is 1. The highest BCUT2D eigenvalue weighted by molar-refractivity contribution is 5.66. The van der Waals surface area contributed by atoms with Crippen LogP contribution in [0.4, 0.5) is 11.5 Å². The van der Waals surface area contributed by atoms with Gasteiger partial charge in [-0.1, -0.05) is 90.9 Å². The number of rotatable bonds is 5. The van der Waals surface area contributed by atoms with Gasteiger partial charge in [-0.15, -0.1) is 0 Å². The molecule has 0 aliphatic carbocycles. The van der Waals surface area contributed by atoms with Crippen LogP contribution in [0.2, 0.25) is 0 Å². The Hall–Kier alpha value is -3.36. The Balaban J connectivity index is 0.000000642. The molecule has 1 aromatic heterocycles. The predicted molar refractivity (Wildman–Crippen MR) is 162 cm³/mol. The van der Waals surface area contributed by atoms with Gasteiger partial charge in [0.05, 0.1) is 17.3 Å². The summed E-state index contributed by atoms with van der Waals surface area (Å²) in [5, 5.41) is 18.9. The lowest BCUT2D eigenvalue weighted by molar-refractivity contribution is 0.537. The number of hydrogen-bond donors (Lipinski definition) is 3. The van der Waals surface area contributed by atoms with Crippen molar-refractivity contribution < 1.29 is 0 Å². The van der Waals surface area contributed by atoms with Crippen molar-refractivity contribution in [3.8, 4) is 6.07 Å². The average molecular weight is 504 g/mol. The van der Waals surface area contributed by atoms with E-state index >= 15 is 0 Å². The van der Waals surface area contributed by atoms with Gasteiger partial charge in [-0.2, -0.15) is 5.26 Å². The summed E-state index contributed by atoms with van der Waals surface area (Å²) in [7, 11) is 0. The predicted octanol–water partition coefficient (Wildman–Crippen LogP) is 8.40. The molecule has 0 spiro atoms. The Bertz CT molecular complexity index is 980. The van der Waals surface area contributed by atoms with Crippen LogP contribution in [0.15, 0.2) is 72.9 Å². The molecule has 5 nitrogen and oxygen atoms in total. The van der Waals surface area contributed by atoms with Crippen LogP contribution in [0.5, 0.6) is 0 Å². The molecule has 202 valence electrons. The Kier molecular flexibility index (Phi) is 18.9. The van der Waals surface area contributed by atoms with Gasteiger partial charge in [0.2, 0.25) is 0 Å². The molecule has 3 atom stereocenters. The molecule has 1 aliphatic heterocycles. The maximum absolute atomic E-state index is 8.81. The summed E-state index contributed by atoms with van der Waals surface area (Å²) in [5.74, 6) is 1.39. The minimum atomic E-state index is 0.344. The first kappa shape index (κ1) is 33.6. The fourth-order valence-corrected chi connectivity index (χ4v) is 3.43. The van der Waals surface area contributed by atoms with Crippen molar-refractivity contribution in [2.45, 2.75) is 80.3 Å². The van der Waals surface area contributed by atoms with Crippen molar-refractivity contribution in [3.05, 3.63) is 89.6 Å². The summed E-state index contributed by atoms with van der Waals surface area (Å²) in [6, 6.07) is 25.2. The lowest BCUT2D eigenvalue weighted by atomic mass is 9.99. The van der Waals surface area contributed by atoms with Crippen LogP contribution < -0.4 is 16.0 Å². The number of hydrogen-bond acceptors (Lipinski definition) is 5. The maximum atomic E-state index is 8.81. The molecule has 2 unspecified atom stereocenters. The summed E-state index contributed by atoms with van der Waals surface area (Å²) in [4.78, 5) is 4.20. The molecule has 37 heavy (non-hydrogen) atoms. The van der Waals surface area contributed by atoms with Crippen molar-refractivity contribution in [1.82, 2.24) is 10.3 Å². The van der Waals surface area contributed by atoms with E-state index in [0.717, 1.165) is 24.6 Å². The molecule has 3 N–H and O–H groups in total. The molecule has 4 rings (SSSR count). The second-order valence-electron chi connectivity index (χ2n) is 8.00. The molecule has 0 radical (unpaired) electrons. The molecular weight excluding hydrogens is 454 g/mol. The van der Waals surface area contributed by atoms with Gasteiger partial charge in [0.1, 0.15) is 5.82 Å². The number of benzene rings is 2. The van der Waals surface area contributed by atoms with E-state index in [2.05, 4.69) is 72.0 Å². The summed E-state index contributed by atoms with van der Waals surface area (Å²) in [6.45, 7) is 20.4. The topological polar surface area (TPSA) is 72.8 Å². The molecule has 0 bridgehead atoms. The molecule has 3 aromatic rings. The number of nitriles is 1. The third kappa shape index (κ3) is 12.4. The minimum absolute atomic E-state index is 0.344. The Morgan fingerprint density at radius 1 is 0.892 bits per heavy atom. The zero-order chi connectivity index (χ0) is 28.1. The van der Waals surface area contributed by atoms with Crippen LogP contribution in [0, 0.1) is 11.3 Å². The zero-order valence-electron chi connectivity index (χ0n) is 24.5. The highest BCUT2D eigenvalue weighted by atomic mass is 15.1. The van der Waals surface area contributed by atoms with Gasteiger partial charge in [-0.25, -0.2) is 4.98 Å². The normalized spacial score (nSPS) is 14.1. The lowest BCUT2D eigenvalue weighted by Crippen LogP contribution is -2.30. The molecule has 0 saturated carbocycles. The summed E-state index contributed by atoms with van der Waals surface area (Å²) in [6.07, 6.45) is 1.80. The highest BCUT2D eigenvalue weighted by Gasteiger charge is 2.12. The first-order valence-corrected chi connectivity index (χ1v) is 13.8. The van der Waals surface area contributed by atoms with Crippen LogP contribution in [-0.2, 0) is 0 Å². The first-order valence-electron chi connectivity index (χ1n) is 13.8. The molecule has 2 aromatic carbocycles. The van der Waals surface area contributed by atoms with Gasteiger partial charge in [-0.3, -0.25) is 0 Å². The van der Waals surface area contributed by atoms with Crippen LogP contribution in [0.3, 0.4) is 0 Å². The second-order valence-corrected chi connectivity index (χ2v) is 8.00. The second kappa shape index (κ2) is 20.8. The average Bonchev–Trinajstić information content (AvgIpc) is 2.99. The largest absolute Gasteiger partial charge is 0.380 e. The van der Waals surface area contributed by atoms with Crippen molar-refractivity contribution in [2.75, 3.05) is 23.7 Å². The van der Waals surface area contributed by atoms with Crippen LogP contribution >= 0.6 is 0 Å². The van der Waals surface area contributed by atoms with E-state index in [0.29, 0.717) is 23.6 Å². The van der Waals surface area contributed by atoms with Crippen LogP contribution in [0.25, 0.3) is 0 Å². The Morgan fingerprint density at radius 2 is 1.51 bits per heavy atom. The van der Waals surface area contributed by atoms with Gasteiger partial charge in [0.15, 0.2) is 0 Å². The number of aromatic nitrogens is 1. The van der Waals surface area contributed by atoms with E-state index in [-0.39, 0.29) is 0 Å². The van der Waals surface area contributed by atoms with Crippen LogP contribution in [0.1, 0.15) is 91.0 Å². The molecule has 2 heterocycles. The van der Waals surface area contributed by atoms with Gasteiger partial charge < -0.3 is 16.0 Å². The van der Waals surface area contributed by atoms with Crippen molar-refractivity contribution >= 4 is 11.5 Å². The van der Waals surface area contributed by atoms with Gasteiger partial charge in [0, 0.05) is 31.4 Å². The quantitative estimate of drug-likeness (QED) is 0.326. The lowest BCUT2D eigenvalue weighted by Gasteiger charge is -2.24. The Labute approximate surface area is 226 Å². The van der Waals surface area contributed by atoms with Crippen LogP contribution in [-0.4, -0.2) is 24.1 Å². The Morgan fingerprint density at radius 3 is 2.11 bits per heavy atom. The molecule has 0 saturated heterocycles. The van der Waals surface area contributed by atoms with Crippen molar-refractivity contribution in [2.24, 2.45) is 0 Å². The number of pyridine rings is 1. The van der Waals surface area contributed by atoms with E-state index in [9.17, 15) is 0 Å². The van der Waals surface area contributed by atoms with E-state index in [1.165, 1.54) is 11.1 Å². The van der Waals surface area contributed by atoms with E-state index < -0.39 is 0 Å². The van der Waals surface area contributed by atoms with Gasteiger partial charge in [-0.05, 0) is 55.2 Å². The number of nitrogens with zero attached hydrogens (tertiary/aromatic N) is 2. The SMILES string of the molecule is CC.CC.CC.CC(CN[C@H](C)c1ccccc1)c1ccc(C#N)cc1.CC1CNc2cccnc2N1. The van der Waals surface area contributed by atoms with E-state index in [4.69, 9.17) is 5.26 Å². The zero-order valence-corrected chi connectivity index (χ0v) is 24.5. The minimum Gasteiger partial charge on any atom is -0.380 e. The standard InChI is InChI=1S/C18H20N2.C8H11N3.3C2H6/c1-14(17-10-8-16(12-19)9-11-17)13-20-15(2)18-6-4-3-5-7-18;1-6-5-10-7-3-2-4-9-8(7)11-6;3*1-2/h3-11,14-15,20H,13H2,1-2H3;2-4,6,10H,5H2,1H3,(H,9,11);3*1-2H3/t14?,15-;;;;/m1..../s1. The van der Waals surface area contributed by atoms with E-state index in [1.54, 1.807) is 6.20 Å². The number of anilines is 2. The molecular formula is C32H49N5. The molecule has 0 fully saturated rings. The first-order chi connectivity index (χ1) is 18.1. The summed E-state index contributed by atoms with van der Waals surface area (Å²) < 4.78 is 0. The maximum Gasteiger partial charge on any atom is 0.149 e. The van der Waals surface area contributed by atoms with E-state index in [1.807, 2.05) is 84.0 Å².